The van der Waals surface area contributed by atoms with Crippen molar-refractivity contribution in [3.8, 4) is 0 Å². The van der Waals surface area contributed by atoms with E-state index < -0.39 is 46.2 Å². The third-order valence-corrected chi connectivity index (χ3v) is 8.56. The molecule has 1 fully saturated rings. The van der Waals surface area contributed by atoms with Crippen molar-refractivity contribution in [2.75, 3.05) is 17.1 Å². The first-order chi connectivity index (χ1) is 18.7. The van der Waals surface area contributed by atoms with Gasteiger partial charge in [0.15, 0.2) is 0 Å². The van der Waals surface area contributed by atoms with E-state index in [1.165, 1.54) is 17.0 Å². The molecular weight excluding hydrogens is 590 g/mol. The normalized spacial score (nSPS) is 15.4. The molecule has 1 aliphatic carbocycles. The van der Waals surface area contributed by atoms with Crippen molar-refractivity contribution in [2.24, 2.45) is 0 Å². The molecule has 13 heteroatoms. The number of anilines is 1. The van der Waals surface area contributed by atoms with Gasteiger partial charge in [-0.3, -0.25) is 13.9 Å². The lowest BCUT2D eigenvalue weighted by Crippen LogP contribution is -2.54. The van der Waals surface area contributed by atoms with E-state index in [1.807, 2.05) is 0 Å². The van der Waals surface area contributed by atoms with Gasteiger partial charge in [-0.25, -0.2) is 8.42 Å². The van der Waals surface area contributed by atoms with E-state index in [1.54, 1.807) is 19.1 Å². The van der Waals surface area contributed by atoms with Gasteiger partial charge < -0.3 is 10.2 Å². The average molecular weight is 623 g/mol. The molecule has 1 N–H and O–H groups in total. The second-order valence-corrected chi connectivity index (χ2v) is 12.6. The average Bonchev–Trinajstić information content (AvgIpc) is 2.87. The van der Waals surface area contributed by atoms with Gasteiger partial charge in [-0.1, -0.05) is 61.5 Å². The fourth-order valence-corrected chi connectivity index (χ4v) is 6.06. The molecule has 0 radical (unpaired) electrons. The molecular formula is C27H32Cl2F3N3O4S. The van der Waals surface area contributed by atoms with Gasteiger partial charge in [0, 0.05) is 22.6 Å². The summed E-state index contributed by atoms with van der Waals surface area (Å²) in [5, 5.41) is 3.61. The van der Waals surface area contributed by atoms with Gasteiger partial charge in [0.25, 0.3) is 0 Å². The van der Waals surface area contributed by atoms with Gasteiger partial charge in [-0.15, -0.1) is 0 Å². The lowest BCUT2D eigenvalue weighted by atomic mass is 9.95. The van der Waals surface area contributed by atoms with Gasteiger partial charge in [0.05, 0.1) is 17.5 Å². The molecule has 3 rings (SSSR count). The van der Waals surface area contributed by atoms with Gasteiger partial charge in [-0.05, 0) is 55.2 Å². The Balaban J connectivity index is 1.97. The fourth-order valence-electron chi connectivity index (χ4n) is 4.75. The van der Waals surface area contributed by atoms with Gasteiger partial charge in [0.2, 0.25) is 21.8 Å². The maximum absolute atomic E-state index is 13.8. The molecule has 2 amide bonds. The van der Waals surface area contributed by atoms with E-state index in [0.717, 1.165) is 50.5 Å². The van der Waals surface area contributed by atoms with Crippen LogP contribution in [0.1, 0.15) is 56.6 Å². The van der Waals surface area contributed by atoms with Crippen LogP contribution < -0.4 is 9.62 Å². The largest absolute Gasteiger partial charge is 0.416 e. The summed E-state index contributed by atoms with van der Waals surface area (Å²) in [6.45, 7) is 0.750. The molecule has 0 spiro atoms. The number of carbonyl (C=O) groups excluding carboxylic acids is 2. The Morgan fingerprint density at radius 2 is 1.75 bits per heavy atom. The summed E-state index contributed by atoms with van der Waals surface area (Å²) in [6.07, 6.45) is 0.959. The number of halogens is 5. The van der Waals surface area contributed by atoms with Crippen molar-refractivity contribution < 1.29 is 31.2 Å². The zero-order valence-electron chi connectivity index (χ0n) is 22.2. The molecule has 1 aliphatic rings. The van der Waals surface area contributed by atoms with Crippen LogP contribution in [-0.4, -0.2) is 50.0 Å². The first-order valence-electron chi connectivity index (χ1n) is 12.9. The van der Waals surface area contributed by atoms with Crippen molar-refractivity contribution in [1.82, 2.24) is 10.2 Å². The Morgan fingerprint density at radius 1 is 1.07 bits per heavy atom. The Kier molecular flexibility index (Phi) is 10.8. The standard InChI is InChI=1S/C27H32Cl2F3N3O4S/c1-3-24(26(37)33-21-9-5-4-6-10-21)34(16-18-12-13-20(28)15-23(18)29)25(36)17-35(40(2,38)39)22-11-7-8-19(14-22)27(30,31)32/h7-8,11-15,21,24H,3-6,9-10,16-17H2,1-2H3,(H,33,37)/t24-/m1/s1. The minimum absolute atomic E-state index is 0.0380. The van der Waals surface area contributed by atoms with E-state index in [2.05, 4.69) is 5.32 Å². The predicted octanol–water partition coefficient (Wildman–Crippen LogP) is 6.03. The number of rotatable bonds is 10. The van der Waals surface area contributed by atoms with E-state index in [0.29, 0.717) is 21.0 Å². The highest BCUT2D eigenvalue weighted by Crippen LogP contribution is 2.32. The van der Waals surface area contributed by atoms with Crippen molar-refractivity contribution >= 4 is 50.7 Å². The molecule has 7 nitrogen and oxygen atoms in total. The van der Waals surface area contributed by atoms with Gasteiger partial charge >= 0.3 is 6.18 Å². The predicted molar refractivity (Wildman–Crippen MR) is 150 cm³/mol. The maximum atomic E-state index is 13.8. The van der Waals surface area contributed by atoms with Crippen LogP contribution in [0, 0.1) is 0 Å². The number of benzene rings is 2. The smallest absolute Gasteiger partial charge is 0.352 e. The summed E-state index contributed by atoms with van der Waals surface area (Å²) in [4.78, 5) is 28.4. The summed E-state index contributed by atoms with van der Waals surface area (Å²) >= 11 is 12.4. The second kappa shape index (κ2) is 13.4. The van der Waals surface area contributed by atoms with Crippen LogP contribution in [0.15, 0.2) is 42.5 Å². The first-order valence-corrected chi connectivity index (χ1v) is 15.5. The van der Waals surface area contributed by atoms with E-state index >= 15 is 0 Å². The number of carbonyl (C=O) groups is 2. The molecule has 0 unspecified atom stereocenters. The van der Waals surface area contributed by atoms with E-state index in [9.17, 15) is 31.2 Å². The SMILES string of the molecule is CC[C@H](C(=O)NC1CCCCC1)N(Cc1ccc(Cl)cc1Cl)C(=O)CN(c1cccc(C(F)(F)F)c1)S(C)(=O)=O. The van der Waals surface area contributed by atoms with Crippen molar-refractivity contribution in [3.63, 3.8) is 0 Å². The molecule has 0 saturated heterocycles. The summed E-state index contributed by atoms with van der Waals surface area (Å²) < 4.78 is 66.0. The highest BCUT2D eigenvalue weighted by Gasteiger charge is 2.35. The summed E-state index contributed by atoms with van der Waals surface area (Å²) in [7, 11) is -4.20. The van der Waals surface area contributed by atoms with Crippen LogP contribution >= 0.6 is 23.2 Å². The first kappa shape index (κ1) is 32.0. The molecule has 2 aromatic rings. The van der Waals surface area contributed by atoms with Crippen LogP contribution in [0.2, 0.25) is 10.0 Å². The zero-order chi connectivity index (χ0) is 29.7. The zero-order valence-corrected chi connectivity index (χ0v) is 24.5. The van der Waals surface area contributed by atoms with Crippen LogP contribution in [0.5, 0.6) is 0 Å². The molecule has 220 valence electrons. The molecule has 1 atom stereocenters. The highest BCUT2D eigenvalue weighted by atomic mass is 35.5. The number of amides is 2. The number of hydrogen-bond acceptors (Lipinski definition) is 4. The van der Waals surface area contributed by atoms with E-state index in [-0.39, 0.29) is 29.7 Å². The van der Waals surface area contributed by atoms with Gasteiger partial charge in [-0.2, -0.15) is 13.2 Å². The van der Waals surface area contributed by atoms with Crippen LogP contribution in [0.4, 0.5) is 18.9 Å². The van der Waals surface area contributed by atoms with Crippen molar-refractivity contribution in [3.05, 3.63) is 63.6 Å². The Hall–Kier alpha value is -2.50. The Morgan fingerprint density at radius 3 is 2.33 bits per heavy atom. The maximum Gasteiger partial charge on any atom is 0.416 e. The van der Waals surface area contributed by atoms with Gasteiger partial charge in [0.1, 0.15) is 12.6 Å². The molecule has 0 bridgehead atoms. The summed E-state index contributed by atoms with van der Waals surface area (Å²) in [6, 6.07) is 7.35. The van der Waals surface area contributed by atoms with Crippen molar-refractivity contribution in [1.29, 1.82) is 0 Å². The highest BCUT2D eigenvalue weighted by molar-refractivity contribution is 7.92. The quantitative estimate of drug-likeness (QED) is 0.351. The summed E-state index contributed by atoms with van der Waals surface area (Å²) in [5.74, 6) is -1.17. The third kappa shape index (κ3) is 8.50. The minimum Gasteiger partial charge on any atom is -0.352 e. The number of nitrogens with one attached hydrogen (secondary N) is 1. The van der Waals surface area contributed by atoms with Crippen molar-refractivity contribution in [2.45, 2.75) is 70.3 Å². The van der Waals surface area contributed by atoms with Crippen LogP contribution in [0.25, 0.3) is 0 Å². The molecule has 0 heterocycles. The molecule has 1 saturated carbocycles. The topological polar surface area (TPSA) is 86.8 Å². The second-order valence-electron chi connectivity index (χ2n) is 9.84. The third-order valence-electron chi connectivity index (χ3n) is 6.83. The number of sulfonamides is 1. The monoisotopic (exact) mass is 621 g/mol. The number of nitrogens with zero attached hydrogens (tertiary/aromatic N) is 2. The minimum atomic E-state index is -4.72. The molecule has 0 aliphatic heterocycles. The number of hydrogen-bond donors (Lipinski definition) is 1. The lowest BCUT2D eigenvalue weighted by molar-refractivity contribution is -0.140. The molecule has 2 aromatic carbocycles. The van der Waals surface area contributed by atoms with Crippen LogP contribution in [-0.2, 0) is 32.3 Å². The Bertz CT molecular complexity index is 1320. The lowest BCUT2D eigenvalue weighted by Gasteiger charge is -2.34. The molecule has 40 heavy (non-hydrogen) atoms. The Labute approximate surface area is 242 Å². The fraction of sp³-hybridized carbons (Fsp3) is 0.481. The van der Waals surface area contributed by atoms with Crippen LogP contribution in [0.3, 0.4) is 0 Å². The number of alkyl halides is 3. The molecule has 0 aromatic heterocycles. The summed E-state index contributed by atoms with van der Waals surface area (Å²) in [5.41, 5.74) is -0.919. The van der Waals surface area contributed by atoms with E-state index in [4.69, 9.17) is 23.2 Å².